The zero-order valence-electron chi connectivity index (χ0n) is 20.2. The van der Waals surface area contributed by atoms with Gasteiger partial charge in [0.15, 0.2) is 5.54 Å². The van der Waals surface area contributed by atoms with E-state index in [0.29, 0.717) is 22.4 Å². The average Bonchev–Trinajstić information content (AvgIpc) is 3.45. The van der Waals surface area contributed by atoms with Crippen molar-refractivity contribution in [1.29, 1.82) is 0 Å². The van der Waals surface area contributed by atoms with Crippen molar-refractivity contribution in [3.05, 3.63) is 94.5 Å². The molecule has 0 unspecified atom stereocenters. The molecular formula is C28H24ClN3O3S2. The number of likely N-dealkylation sites (N-methyl/N-ethyl adjacent to an activating group) is 1. The van der Waals surface area contributed by atoms with Crippen LogP contribution in [-0.2, 0) is 21.7 Å². The Morgan fingerprint density at radius 3 is 2.49 bits per heavy atom. The number of methoxy groups -OCH3 is 1. The standard InChI is InChI=1S/C28H24ClN3O3S2/c1-31-16-22(18-9-11-19(29)12-10-18)28(27(31)21-5-3-4-6-23(21)30-24(27)33)25(34)32(26(36)37-28)15-17-7-13-20(35-2)14-8-17/h3-14,22H,15-16H2,1-2H3,(H,30,33)/t22-,27-,28-/m0/s1. The molecule has 3 atom stereocenters. The maximum Gasteiger partial charge on any atom is 0.251 e. The highest BCUT2D eigenvalue weighted by Crippen LogP contribution is 2.65. The Labute approximate surface area is 229 Å². The van der Waals surface area contributed by atoms with Crippen molar-refractivity contribution in [2.75, 3.05) is 26.0 Å². The summed E-state index contributed by atoms with van der Waals surface area (Å²) in [5.74, 6) is 0.0726. The first-order chi connectivity index (χ1) is 17.8. The third-order valence-corrected chi connectivity index (χ3v) is 9.95. The van der Waals surface area contributed by atoms with Crippen molar-refractivity contribution in [2.24, 2.45) is 0 Å². The molecule has 6 nitrogen and oxygen atoms in total. The van der Waals surface area contributed by atoms with Gasteiger partial charge in [0, 0.05) is 28.7 Å². The van der Waals surface area contributed by atoms with Crippen molar-refractivity contribution in [3.8, 4) is 5.75 Å². The van der Waals surface area contributed by atoms with Crippen LogP contribution in [0.1, 0.15) is 22.6 Å². The van der Waals surface area contributed by atoms with E-state index in [9.17, 15) is 9.59 Å². The van der Waals surface area contributed by atoms with Crippen LogP contribution in [0.25, 0.3) is 0 Å². The second kappa shape index (κ2) is 8.84. The molecule has 3 heterocycles. The number of benzene rings is 3. The van der Waals surface area contributed by atoms with E-state index >= 15 is 0 Å². The second-order valence-electron chi connectivity index (χ2n) is 9.54. The molecule has 3 aliphatic heterocycles. The maximum atomic E-state index is 14.7. The fourth-order valence-corrected chi connectivity index (χ4v) is 8.38. The Balaban J connectivity index is 1.52. The summed E-state index contributed by atoms with van der Waals surface area (Å²) in [6.45, 7) is 0.813. The summed E-state index contributed by atoms with van der Waals surface area (Å²) in [5.41, 5.74) is 2.17. The lowest BCUT2D eigenvalue weighted by Gasteiger charge is -2.41. The summed E-state index contributed by atoms with van der Waals surface area (Å²) in [6.07, 6.45) is 0. The molecule has 2 amide bonds. The van der Waals surface area contributed by atoms with Crippen molar-refractivity contribution in [3.63, 3.8) is 0 Å². The molecule has 0 bridgehead atoms. The fourth-order valence-electron chi connectivity index (χ4n) is 6.12. The Morgan fingerprint density at radius 2 is 1.78 bits per heavy atom. The van der Waals surface area contributed by atoms with Gasteiger partial charge in [-0.2, -0.15) is 0 Å². The zero-order chi connectivity index (χ0) is 25.9. The Bertz CT molecular complexity index is 1430. The van der Waals surface area contributed by atoms with E-state index < -0.39 is 10.3 Å². The molecule has 0 radical (unpaired) electrons. The van der Waals surface area contributed by atoms with E-state index in [1.54, 1.807) is 12.0 Å². The number of fused-ring (bicyclic) bond motifs is 3. The number of amides is 2. The van der Waals surface area contributed by atoms with Gasteiger partial charge in [0.1, 0.15) is 14.8 Å². The molecule has 37 heavy (non-hydrogen) atoms. The molecule has 2 fully saturated rings. The van der Waals surface area contributed by atoms with Gasteiger partial charge in [0.2, 0.25) is 5.91 Å². The summed E-state index contributed by atoms with van der Waals surface area (Å²) < 4.78 is 4.55. The summed E-state index contributed by atoms with van der Waals surface area (Å²) in [7, 11) is 3.54. The first-order valence-electron chi connectivity index (χ1n) is 11.9. The lowest BCUT2D eigenvalue weighted by atomic mass is 9.72. The number of thiocarbonyl (C=S) groups is 1. The number of rotatable bonds is 4. The molecule has 2 saturated heterocycles. The quantitative estimate of drug-likeness (QED) is 0.461. The number of halogens is 1. The van der Waals surface area contributed by atoms with Gasteiger partial charge < -0.3 is 10.1 Å². The summed E-state index contributed by atoms with van der Waals surface area (Å²) >= 11 is 13.4. The van der Waals surface area contributed by atoms with Gasteiger partial charge in [-0.05, 0) is 48.5 Å². The lowest BCUT2D eigenvalue weighted by molar-refractivity contribution is -0.138. The topological polar surface area (TPSA) is 61.9 Å². The van der Waals surface area contributed by atoms with Gasteiger partial charge in [0.25, 0.3) is 5.91 Å². The van der Waals surface area contributed by atoms with Crippen LogP contribution in [0.3, 0.4) is 0 Å². The van der Waals surface area contributed by atoms with Crippen LogP contribution in [0.2, 0.25) is 5.02 Å². The molecule has 0 aliphatic carbocycles. The number of ether oxygens (including phenoxy) is 1. The zero-order valence-corrected chi connectivity index (χ0v) is 22.6. The van der Waals surface area contributed by atoms with Gasteiger partial charge in [-0.3, -0.25) is 19.4 Å². The number of thioether (sulfide) groups is 1. The van der Waals surface area contributed by atoms with Crippen molar-refractivity contribution in [1.82, 2.24) is 9.80 Å². The summed E-state index contributed by atoms with van der Waals surface area (Å²) in [4.78, 5) is 32.4. The van der Waals surface area contributed by atoms with Crippen LogP contribution in [-0.4, -0.2) is 51.4 Å². The van der Waals surface area contributed by atoms with Crippen molar-refractivity contribution in [2.45, 2.75) is 22.7 Å². The normalized spacial score (nSPS) is 26.8. The molecule has 9 heteroatoms. The molecule has 2 spiro atoms. The number of likely N-dealkylation sites (tertiary alicyclic amines) is 1. The molecule has 3 aromatic rings. The molecule has 1 N–H and O–H groups in total. The van der Waals surface area contributed by atoms with Gasteiger partial charge in [-0.25, -0.2) is 0 Å². The number of nitrogens with zero attached hydrogens (tertiary/aromatic N) is 2. The highest BCUT2D eigenvalue weighted by molar-refractivity contribution is 8.25. The predicted molar refractivity (Wildman–Crippen MR) is 150 cm³/mol. The Morgan fingerprint density at radius 1 is 1.08 bits per heavy atom. The minimum Gasteiger partial charge on any atom is -0.497 e. The molecule has 188 valence electrons. The molecule has 3 aliphatic rings. The smallest absolute Gasteiger partial charge is 0.251 e. The van der Waals surface area contributed by atoms with E-state index in [1.165, 1.54) is 11.8 Å². The maximum absolute atomic E-state index is 14.7. The van der Waals surface area contributed by atoms with Crippen LogP contribution in [0.5, 0.6) is 5.75 Å². The summed E-state index contributed by atoms with van der Waals surface area (Å²) in [5, 5.41) is 3.68. The van der Waals surface area contributed by atoms with Crippen LogP contribution < -0.4 is 10.1 Å². The minimum absolute atomic E-state index is 0.158. The lowest BCUT2D eigenvalue weighted by Crippen LogP contribution is -2.61. The predicted octanol–water partition coefficient (Wildman–Crippen LogP) is 5.02. The molecule has 6 rings (SSSR count). The monoisotopic (exact) mass is 549 g/mol. The highest BCUT2D eigenvalue weighted by Gasteiger charge is 2.77. The first kappa shape index (κ1) is 24.4. The number of hydrogen-bond acceptors (Lipinski definition) is 6. The van der Waals surface area contributed by atoms with E-state index in [0.717, 1.165) is 28.1 Å². The van der Waals surface area contributed by atoms with E-state index in [-0.39, 0.29) is 17.7 Å². The van der Waals surface area contributed by atoms with Crippen LogP contribution in [0.4, 0.5) is 5.69 Å². The summed E-state index contributed by atoms with van der Waals surface area (Å²) in [6, 6.07) is 22.8. The molecule has 3 aromatic carbocycles. The van der Waals surface area contributed by atoms with Crippen molar-refractivity contribution >= 4 is 57.4 Å². The number of anilines is 1. The molecular weight excluding hydrogens is 526 g/mol. The highest BCUT2D eigenvalue weighted by atomic mass is 35.5. The second-order valence-corrected chi connectivity index (χ2v) is 11.9. The van der Waals surface area contributed by atoms with Gasteiger partial charge >= 0.3 is 0 Å². The minimum atomic E-state index is -1.23. The average molecular weight is 550 g/mol. The van der Waals surface area contributed by atoms with Gasteiger partial charge in [-0.15, -0.1) is 0 Å². The molecule has 0 aromatic heterocycles. The van der Waals surface area contributed by atoms with E-state index in [2.05, 4.69) is 5.32 Å². The number of carbonyl (C=O) groups excluding carboxylic acids is 2. The SMILES string of the molecule is COc1ccc(CN2C(=O)[C@@]3(SC2=S)[C@H](c2ccc(Cl)cc2)CN(C)[C@@]32C(=O)Nc3ccccc32)cc1. The van der Waals surface area contributed by atoms with Crippen molar-refractivity contribution < 1.29 is 14.3 Å². The van der Waals surface area contributed by atoms with Crippen LogP contribution in [0.15, 0.2) is 72.8 Å². The number of para-hydroxylation sites is 1. The van der Waals surface area contributed by atoms with Crippen LogP contribution in [0, 0.1) is 0 Å². The first-order valence-corrected chi connectivity index (χ1v) is 13.5. The number of carbonyl (C=O) groups is 2. The largest absolute Gasteiger partial charge is 0.497 e. The van der Waals surface area contributed by atoms with E-state index in [1.807, 2.05) is 84.7 Å². The van der Waals surface area contributed by atoms with Gasteiger partial charge in [-0.1, -0.05) is 78.0 Å². The number of hydrogen-bond donors (Lipinski definition) is 1. The number of nitrogens with one attached hydrogen (secondary N) is 1. The molecule has 0 saturated carbocycles. The fraction of sp³-hybridized carbons (Fsp3) is 0.250. The van der Waals surface area contributed by atoms with Gasteiger partial charge in [0.05, 0.1) is 13.7 Å². The Kier molecular flexibility index (Phi) is 5.84. The van der Waals surface area contributed by atoms with Crippen LogP contribution >= 0.6 is 35.6 Å². The third-order valence-electron chi connectivity index (χ3n) is 7.75. The third kappa shape index (κ3) is 3.32. The van der Waals surface area contributed by atoms with E-state index in [4.69, 9.17) is 28.6 Å². The Hall–Kier alpha value is -2.91.